The molecule has 1 saturated heterocycles. The zero-order valence-electron chi connectivity index (χ0n) is 15.8. The minimum absolute atomic E-state index is 0.0698. The van der Waals surface area contributed by atoms with E-state index >= 15 is 0 Å². The van der Waals surface area contributed by atoms with Gasteiger partial charge in [0.05, 0.1) is 11.2 Å². The minimum Gasteiger partial charge on any atom is -0.399 e. The zero-order chi connectivity index (χ0) is 20.6. The lowest BCUT2D eigenvalue weighted by Gasteiger charge is -2.20. The van der Waals surface area contributed by atoms with E-state index in [1.165, 1.54) is 0 Å². The van der Waals surface area contributed by atoms with E-state index in [2.05, 4.69) is 20.6 Å². The molecule has 4 rings (SSSR count). The Morgan fingerprint density at radius 1 is 1.24 bits per heavy atom. The van der Waals surface area contributed by atoms with Crippen LogP contribution in [0.1, 0.15) is 12.8 Å². The highest BCUT2D eigenvalue weighted by atomic mass is 35.5. The van der Waals surface area contributed by atoms with E-state index in [0.717, 1.165) is 18.5 Å². The molecule has 1 aliphatic carbocycles. The number of nitrogens with one attached hydrogen (secondary N) is 2. The van der Waals surface area contributed by atoms with Crippen molar-refractivity contribution in [2.24, 2.45) is 5.73 Å². The summed E-state index contributed by atoms with van der Waals surface area (Å²) in [6.45, 7) is 1.27. The molecule has 0 atom stereocenters. The van der Waals surface area contributed by atoms with Gasteiger partial charge in [-0.2, -0.15) is 4.98 Å². The molecule has 1 aromatic carbocycles. The third-order valence-corrected chi connectivity index (χ3v) is 5.48. The number of anilines is 3. The van der Waals surface area contributed by atoms with Crippen LogP contribution in [-0.2, 0) is 0 Å². The summed E-state index contributed by atoms with van der Waals surface area (Å²) in [7, 11) is 1.77. The SMILES string of the molecule is CN1CCN(c2ccnc(NC3(/C(N)=C/Nc4cc(Cl)cc(Cl)c4)CC3)n2)C1=O. The highest BCUT2D eigenvalue weighted by Gasteiger charge is 2.46. The maximum absolute atomic E-state index is 12.2. The average molecular weight is 434 g/mol. The number of urea groups is 1. The van der Waals surface area contributed by atoms with Gasteiger partial charge in [-0.05, 0) is 37.1 Å². The Morgan fingerprint density at radius 2 is 1.97 bits per heavy atom. The van der Waals surface area contributed by atoms with Crippen LogP contribution in [0.2, 0.25) is 10.0 Å². The molecule has 2 heterocycles. The summed E-state index contributed by atoms with van der Waals surface area (Å²) in [5.41, 5.74) is 7.28. The second kappa shape index (κ2) is 7.61. The normalized spacial score (nSPS) is 18.2. The molecule has 0 spiro atoms. The lowest BCUT2D eigenvalue weighted by molar-refractivity contribution is 0.229. The van der Waals surface area contributed by atoms with Crippen LogP contribution in [0.25, 0.3) is 0 Å². The first-order chi connectivity index (χ1) is 13.9. The van der Waals surface area contributed by atoms with Gasteiger partial charge in [0.1, 0.15) is 5.82 Å². The van der Waals surface area contributed by atoms with Gasteiger partial charge in [-0.3, -0.25) is 4.90 Å². The van der Waals surface area contributed by atoms with Crippen molar-refractivity contribution in [3.8, 4) is 0 Å². The van der Waals surface area contributed by atoms with Gasteiger partial charge in [-0.1, -0.05) is 23.2 Å². The summed E-state index contributed by atoms with van der Waals surface area (Å²) in [4.78, 5) is 24.3. The van der Waals surface area contributed by atoms with Gasteiger partial charge in [0.15, 0.2) is 0 Å². The van der Waals surface area contributed by atoms with Gasteiger partial charge in [0.2, 0.25) is 5.95 Å². The van der Waals surface area contributed by atoms with Gasteiger partial charge in [0.25, 0.3) is 0 Å². The molecule has 29 heavy (non-hydrogen) atoms. The van der Waals surface area contributed by atoms with Crippen LogP contribution in [0.3, 0.4) is 0 Å². The Kier molecular flexibility index (Phi) is 5.14. The Hall–Kier alpha value is -2.71. The van der Waals surface area contributed by atoms with Crippen LogP contribution in [0.15, 0.2) is 42.4 Å². The van der Waals surface area contributed by atoms with Crippen LogP contribution < -0.4 is 21.3 Å². The Morgan fingerprint density at radius 3 is 2.59 bits per heavy atom. The van der Waals surface area contributed by atoms with Crippen molar-refractivity contribution in [1.82, 2.24) is 14.9 Å². The smallest absolute Gasteiger partial charge is 0.325 e. The first kappa shape index (κ1) is 19.6. The predicted octanol–water partition coefficient (Wildman–Crippen LogP) is 3.51. The molecule has 2 aliphatic rings. The van der Waals surface area contributed by atoms with E-state index in [-0.39, 0.29) is 6.03 Å². The van der Waals surface area contributed by atoms with Gasteiger partial charge < -0.3 is 21.3 Å². The number of benzene rings is 1. The maximum atomic E-state index is 12.2. The lowest BCUT2D eigenvalue weighted by atomic mass is 10.2. The standard InChI is InChI=1S/C19H21Cl2N7O/c1-27-6-7-28(18(27)29)16-2-5-23-17(25-16)26-19(3-4-19)15(22)11-24-14-9-12(20)8-13(21)10-14/h2,5,8-11,24H,3-4,6-7,22H2,1H3,(H,23,25,26)/b15-11-. The first-order valence-electron chi connectivity index (χ1n) is 9.19. The highest BCUT2D eigenvalue weighted by molar-refractivity contribution is 6.35. The van der Waals surface area contributed by atoms with Crippen LogP contribution in [0, 0.1) is 0 Å². The Bertz CT molecular complexity index is 957. The molecule has 4 N–H and O–H groups in total. The lowest BCUT2D eigenvalue weighted by Crippen LogP contribution is -2.32. The van der Waals surface area contributed by atoms with Crippen molar-refractivity contribution in [2.45, 2.75) is 18.4 Å². The minimum atomic E-state index is -0.417. The largest absolute Gasteiger partial charge is 0.399 e. The summed E-state index contributed by atoms with van der Waals surface area (Å²) in [5, 5.41) is 7.53. The fourth-order valence-corrected chi connectivity index (χ4v) is 3.71. The van der Waals surface area contributed by atoms with Crippen LogP contribution in [0.4, 0.5) is 22.2 Å². The van der Waals surface area contributed by atoms with Crippen molar-refractivity contribution < 1.29 is 4.79 Å². The molecule has 1 aliphatic heterocycles. The molecular formula is C19H21Cl2N7O. The third-order valence-electron chi connectivity index (χ3n) is 5.04. The number of aromatic nitrogens is 2. The summed E-state index contributed by atoms with van der Waals surface area (Å²) < 4.78 is 0. The summed E-state index contributed by atoms with van der Waals surface area (Å²) in [5.74, 6) is 1.01. The van der Waals surface area contributed by atoms with Gasteiger partial charge >= 0.3 is 6.03 Å². The van der Waals surface area contributed by atoms with Gasteiger partial charge in [-0.25, -0.2) is 9.78 Å². The molecule has 2 amide bonds. The monoisotopic (exact) mass is 433 g/mol. The number of hydrogen-bond donors (Lipinski definition) is 3. The van der Waals surface area contributed by atoms with Gasteiger partial charge in [-0.15, -0.1) is 0 Å². The van der Waals surface area contributed by atoms with Crippen molar-refractivity contribution in [2.75, 3.05) is 35.7 Å². The molecule has 0 bridgehead atoms. The average Bonchev–Trinajstić information content (AvgIpc) is 3.38. The summed E-state index contributed by atoms with van der Waals surface area (Å²) >= 11 is 12.1. The fraction of sp³-hybridized carbons (Fsp3) is 0.316. The molecule has 152 valence electrons. The van der Waals surface area contributed by atoms with Crippen molar-refractivity contribution >= 4 is 46.7 Å². The van der Waals surface area contributed by atoms with E-state index in [4.69, 9.17) is 28.9 Å². The molecule has 0 unspecified atom stereocenters. The summed E-state index contributed by atoms with van der Waals surface area (Å²) in [6.07, 6.45) is 5.07. The number of amides is 2. The quantitative estimate of drug-likeness (QED) is 0.644. The molecule has 10 heteroatoms. The molecule has 1 saturated carbocycles. The fourth-order valence-electron chi connectivity index (χ4n) is 3.18. The summed E-state index contributed by atoms with van der Waals surface area (Å²) in [6, 6.07) is 6.85. The van der Waals surface area contributed by atoms with Crippen molar-refractivity contribution in [3.63, 3.8) is 0 Å². The van der Waals surface area contributed by atoms with E-state index in [0.29, 0.717) is 40.6 Å². The number of nitrogens with two attached hydrogens (primary N) is 1. The number of halogens is 2. The van der Waals surface area contributed by atoms with E-state index in [9.17, 15) is 4.79 Å². The molecule has 0 radical (unpaired) electrons. The number of hydrogen-bond acceptors (Lipinski definition) is 6. The van der Waals surface area contributed by atoms with Crippen molar-refractivity contribution in [1.29, 1.82) is 0 Å². The zero-order valence-corrected chi connectivity index (χ0v) is 17.3. The molecule has 8 nitrogen and oxygen atoms in total. The third kappa shape index (κ3) is 4.18. The van der Waals surface area contributed by atoms with E-state index in [1.807, 2.05) is 0 Å². The number of rotatable bonds is 6. The van der Waals surface area contributed by atoms with E-state index in [1.54, 1.807) is 53.5 Å². The number of nitrogens with zero attached hydrogens (tertiary/aromatic N) is 4. The first-order valence-corrected chi connectivity index (χ1v) is 9.94. The number of likely N-dealkylation sites (N-methyl/N-ethyl adjacent to an activating group) is 1. The highest BCUT2D eigenvalue weighted by Crippen LogP contribution is 2.42. The van der Waals surface area contributed by atoms with E-state index < -0.39 is 5.54 Å². The maximum Gasteiger partial charge on any atom is 0.325 e. The Labute approximate surface area is 178 Å². The Balaban J connectivity index is 1.47. The predicted molar refractivity (Wildman–Crippen MR) is 115 cm³/mol. The van der Waals surface area contributed by atoms with Gasteiger partial charge in [0, 0.05) is 48.3 Å². The second-order valence-corrected chi connectivity index (χ2v) is 8.08. The molecule has 2 fully saturated rings. The number of carbonyl (C=O) groups excluding carboxylic acids is 1. The molecular weight excluding hydrogens is 413 g/mol. The molecule has 1 aromatic heterocycles. The van der Waals surface area contributed by atoms with Crippen LogP contribution in [0.5, 0.6) is 0 Å². The van der Waals surface area contributed by atoms with Crippen LogP contribution in [-0.4, -0.2) is 46.6 Å². The van der Waals surface area contributed by atoms with Crippen molar-refractivity contribution in [3.05, 3.63) is 52.4 Å². The van der Waals surface area contributed by atoms with Crippen LogP contribution >= 0.6 is 23.2 Å². The topological polar surface area (TPSA) is 99.4 Å². The number of carbonyl (C=O) groups is 1. The molecule has 2 aromatic rings. The second-order valence-electron chi connectivity index (χ2n) is 7.20.